The van der Waals surface area contributed by atoms with Gasteiger partial charge in [0.25, 0.3) is 0 Å². The van der Waals surface area contributed by atoms with Crippen molar-refractivity contribution in [1.82, 2.24) is 9.97 Å². The average molecular weight is 427 g/mol. The number of halogens is 2. The molecule has 3 aromatic rings. The summed E-state index contributed by atoms with van der Waals surface area (Å²) in [5.74, 6) is 0.592. The second-order valence-corrected chi connectivity index (χ2v) is 6.50. The van der Waals surface area contributed by atoms with E-state index >= 15 is 0 Å². The minimum atomic E-state index is -0.546. The number of benzene rings is 2. The maximum absolute atomic E-state index is 12.4. The van der Waals surface area contributed by atoms with Gasteiger partial charge in [-0.3, -0.25) is 0 Å². The Morgan fingerprint density at radius 2 is 1.81 bits per heavy atom. The molecule has 0 aliphatic heterocycles. The number of nitrogens with zero attached hydrogens (tertiary/aromatic N) is 4. The molecule has 136 valence electrons. The van der Waals surface area contributed by atoms with Crippen molar-refractivity contribution in [3.63, 3.8) is 0 Å². The maximum Gasteiger partial charge on any atom is 0.133 e. The number of nitriles is 1. The van der Waals surface area contributed by atoms with Crippen LogP contribution in [0.25, 0.3) is 0 Å². The maximum atomic E-state index is 12.4. The fourth-order valence-electron chi connectivity index (χ4n) is 2.57. The normalized spacial score (nSPS) is 10.3. The lowest BCUT2D eigenvalue weighted by Gasteiger charge is -2.25. The average Bonchev–Trinajstić information content (AvgIpc) is 2.73. The summed E-state index contributed by atoms with van der Waals surface area (Å²) >= 11 is 3.42. The minimum absolute atomic E-state index is 0.00785. The first-order valence-electron chi connectivity index (χ1n) is 8.21. The highest BCUT2D eigenvalue weighted by Gasteiger charge is 2.13. The molecule has 0 fully saturated rings. The van der Waals surface area contributed by atoms with Crippen LogP contribution in [0.3, 0.4) is 0 Å². The van der Waals surface area contributed by atoms with Crippen molar-refractivity contribution in [2.45, 2.75) is 6.54 Å². The predicted molar refractivity (Wildman–Crippen MR) is 105 cm³/mol. The Labute approximate surface area is 165 Å². The van der Waals surface area contributed by atoms with Crippen LogP contribution in [-0.2, 0) is 6.54 Å². The van der Waals surface area contributed by atoms with Gasteiger partial charge in [-0.05, 0) is 57.9 Å². The highest BCUT2D eigenvalue weighted by atomic mass is 79.9. The van der Waals surface area contributed by atoms with E-state index in [9.17, 15) is 4.39 Å². The summed E-state index contributed by atoms with van der Waals surface area (Å²) in [7, 11) is 0. The third-order valence-electron chi connectivity index (χ3n) is 3.84. The number of alkyl halides is 1. The zero-order valence-corrected chi connectivity index (χ0v) is 15.9. The van der Waals surface area contributed by atoms with Gasteiger partial charge < -0.3 is 9.64 Å². The molecule has 2 aromatic carbocycles. The van der Waals surface area contributed by atoms with Crippen molar-refractivity contribution in [3.05, 3.63) is 76.8 Å². The van der Waals surface area contributed by atoms with Gasteiger partial charge in [-0.25, -0.2) is 14.4 Å². The van der Waals surface area contributed by atoms with Crippen LogP contribution >= 0.6 is 15.9 Å². The highest BCUT2D eigenvalue weighted by Crippen LogP contribution is 2.30. The number of hydrogen-bond acceptors (Lipinski definition) is 5. The molecule has 1 heterocycles. The first kappa shape index (κ1) is 18.8. The summed E-state index contributed by atoms with van der Waals surface area (Å²) in [6.07, 6.45) is 4.93. The largest absolute Gasteiger partial charge is 0.490 e. The molecule has 0 aliphatic rings. The molecule has 0 radical (unpaired) electrons. The van der Waals surface area contributed by atoms with Crippen molar-refractivity contribution in [3.8, 4) is 11.8 Å². The first-order chi connectivity index (χ1) is 13.2. The number of hydrogen-bond donors (Lipinski definition) is 0. The fourth-order valence-corrected chi connectivity index (χ4v) is 2.93. The summed E-state index contributed by atoms with van der Waals surface area (Å²) in [5, 5.41) is 9.02. The van der Waals surface area contributed by atoms with Crippen molar-refractivity contribution < 1.29 is 9.13 Å². The molecule has 0 saturated carbocycles. The van der Waals surface area contributed by atoms with E-state index in [0.29, 0.717) is 17.9 Å². The quantitative estimate of drug-likeness (QED) is 0.542. The van der Waals surface area contributed by atoms with Crippen LogP contribution in [0.15, 0.2) is 65.7 Å². The van der Waals surface area contributed by atoms with Crippen molar-refractivity contribution in [2.24, 2.45) is 0 Å². The van der Waals surface area contributed by atoms with Crippen LogP contribution in [-0.4, -0.2) is 23.2 Å². The molecular weight excluding hydrogens is 411 g/mol. The zero-order valence-electron chi connectivity index (χ0n) is 14.3. The number of aromatic nitrogens is 2. The molecule has 3 rings (SSSR count). The number of anilines is 2. The van der Waals surface area contributed by atoms with E-state index in [1.54, 1.807) is 24.5 Å². The fraction of sp³-hybridized carbons (Fsp3) is 0.150. The number of ether oxygens (including phenoxy) is 1. The van der Waals surface area contributed by atoms with Crippen LogP contribution < -0.4 is 9.64 Å². The predicted octanol–water partition coefficient (Wildman–Crippen LogP) is 4.80. The molecular formula is C20H16BrFN4O. The third kappa shape index (κ3) is 4.80. The minimum Gasteiger partial charge on any atom is -0.490 e. The molecule has 5 nitrogen and oxygen atoms in total. The molecule has 0 spiro atoms. The Kier molecular flexibility index (Phi) is 6.34. The third-order valence-corrected chi connectivity index (χ3v) is 4.49. The van der Waals surface area contributed by atoms with Gasteiger partial charge in [-0.2, -0.15) is 5.26 Å². The van der Waals surface area contributed by atoms with Gasteiger partial charge in [-0.1, -0.05) is 6.07 Å². The van der Waals surface area contributed by atoms with Crippen LogP contribution in [0.5, 0.6) is 5.75 Å². The van der Waals surface area contributed by atoms with Gasteiger partial charge in [0.05, 0.1) is 34.2 Å². The second-order valence-electron chi connectivity index (χ2n) is 5.64. The molecule has 0 bridgehead atoms. The SMILES string of the molecule is N#Cc1ccc(N(Cc2ccc(Br)c(OCCF)c2)c2cncnc2)cc1. The van der Waals surface area contributed by atoms with Crippen LogP contribution in [0.2, 0.25) is 0 Å². The van der Waals surface area contributed by atoms with Gasteiger partial charge in [0, 0.05) is 12.2 Å². The summed E-state index contributed by atoms with van der Waals surface area (Å²) in [5.41, 5.74) is 3.28. The zero-order chi connectivity index (χ0) is 19.1. The summed E-state index contributed by atoms with van der Waals surface area (Å²) in [6, 6.07) is 15.1. The van der Waals surface area contributed by atoms with Gasteiger partial charge in [0.2, 0.25) is 0 Å². The molecule has 7 heteroatoms. The molecule has 27 heavy (non-hydrogen) atoms. The van der Waals surface area contributed by atoms with Crippen molar-refractivity contribution >= 4 is 27.3 Å². The van der Waals surface area contributed by atoms with Gasteiger partial charge in [0.1, 0.15) is 25.4 Å². The lowest BCUT2D eigenvalue weighted by atomic mass is 10.1. The Morgan fingerprint density at radius 3 is 2.48 bits per heavy atom. The molecule has 0 amide bonds. The van der Waals surface area contributed by atoms with E-state index in [4.69, 9.17) is 10.00 Å². The first-order valence-corrected chi connectivity index (χ1v) is 9.00. The molecule has 0 aliphatic carbocycles. The second kappa shape index (κ2) is 9.10. The van der Waals surface area contributed by atoms with Crippen LogP contribution in [0.4, 0.5) is 15.8 Å². The molecule has 0 unspecified atom stereocenters. The topological polar surface area (TPSA) is 62.0 Å². The van der Waals surface area contributed by atoms with E-state index in [0.717, 1.165) is 21.4 Å². The lowest BCUT2D eigenvalue weighted by Crippen LogP contribution is -2.17. The lowest BCUT2D eigenvalue weighted by molar-refractivity contribution is 0.271. The molecule has 0 N–H and O–H groups in total. The summed E-state index contributed by atoms with van der Waals surface area (Å²) < 4.78 is 18.7. The number of rotatable bonds is 7. The van der Waals surface area contributed by atoms with Crippen LogP contribution in [0.1, 0.15) is 11.1 Å². The standard InChI is InChI=1S/C20H16BrFN4O/c21-19-6-3-16(9-20(19)27-8-7-22)13-26(18-11-24-14-25-12-18)17-4-1-15(10-23)2-5-17/h1-6,9,11-12,14H,7-8,13H2. The molecule has 1 aromatic heterocycles. The van der Waals surface area contributed by atoms with Gasteiger partial charge in [0.15, 0.2) is 0 Å². The van der Waals surface area contributed by atoms with Crippen LogP contribution in [0, 0.1) is 11.3 Å². The Hall–Kier alpha value is -2.98. The summed E-state index contributed by atoms with van der Waals surface area (Å²) in [6.45, 7) is -0.0121. The highest BCUT2D eigenvalue weighted by molar-refractivity contribution is 9.10. The smallest absolute Gasteiger partial charge is 0.133 e. The van der Waals surface area contributed by atoms with Crippen molar-refractivity contribution in [1.29, 1.82) is 5.26 Å². The van der Waals surface area contributed by atoms with Gasteiger partial charge >= 0.3 is 0 Å². The van der Waals surface area contributed by atoms with E-state index in [1.807, 2.05) is 35.2 Å². The summed E-state index contributed by atoms with van der Waals surface area (Å²) in [4.78, 5) is 10.2. The van der Waals surface area contributed by atoms with E-state index < -0.39 is 6.67 Å². The van der Waals surface area contributed by atoms with E-state index in [1.165, 1.54) is 6.33 Å². The Balaban J connectivity index is 1.93. The Morgan fingerprint density at radius 1 is 1.07 bits per heavy atom. The van der Waals surface area contributed by atoms with E-state index in [2.05, 4.69) is 32.0 Å². The van der Waals surface area contributed by atoms with Crippen molar-refractivity contribution in [2.75, 3.05) is 18.2 Å². The monoisotopic (exact) mass is 426 g/mol. The molecule has 0 saturated heterocycles. The molecule has 0 atom stereocenters. The Bertz CT molecular complexity index is 929. The van der Waals surface area contributed by atoms with E-state index in [-0.39, 0.29) is 6.61 Å². The van der Waals surface area contributed by atoms with Gasteiger partial charge in [-0.15, -0.1) is 0 Å².